The minimum Gasteiger partial charge on any atom is -0.507 e. The standard InChI is InChI=1S/C24H19NO8S/c26-14-9-24(32,10-33-23(31)25-15-6-3-7-34-15)8-13-16(14)22(30)18-17(21(13)29)19(27)11-4-1-2-5-12(11)20(18)28/h1-7,14,26,29-30,32H,8-10H2,(H,25,31)/t14-,24-/m0/s1. The van der Waals surface area contributed by atoms with Crippen LogP contribution in [0.25, 0.3) is 0 Å². The molecule has 5 rings (SSSR count). The first kappa shape index (κ1) is 22.1. The first-order valence-electron chi connectivity index (χ1n) is 10.4. The number of hydrogen-bond donors (Lipinski definition) is 5. The van der Waals surface area contributed by atoms with Crippen molar-refractivity contribution in [1.82, 2.24) is 0 Å². The zero-order chi connectivity index (χ0) is 24.2. The predicted octanol–water partition coefficient (Wildman–Crippen LogP) is 2.89. The van der Waals surface area contributed by atoms with Gasteiger partial charge in [-0.15, -0.1) is 11.3 Å². The fourth-order valence-corrected chi connectivity index (χ4v) is 5.18. The van der Waals surface area contributed by atoms with E-state index in [-0.39, 0.29) is 46.2 Å². The van der Waals surface area contributed by atoms with E-state index in [0.29, 0.717) is 5.00 Å². The van der Waals surface area contributed by atoms with Crippen molar-refractivity contribution >= 4 is 34.0 Å². The molecule has 2 aromatic carbocycles. The highest BCUT2D eigenvalue weighted by Crippen LogP contribution is 2.50. The maximum Gasteiger partial charge on any atom is 0.412 e. The lowest BCUT2D eigenvalue weighted by Crippen LogP contribution is -2.43. The Kier molecular flexibility index (Phi) is 5.16. The van der Waals surface area contributed by atoms with E-state index >= 15 is 0 Å². The molecule has 2 atom stereocenters. The summed E-state index contributed by atoms with van der Waals surface area (Å²) < 4.78 is 5.12. The number of phenolic OH excluding ortho intramolecular Hbond substituents is 2. The quantitative estimate of drug-likeness (QED) is 0.280. The molecule has 9 nitrogen and oxygen atoms in total. The monoisotopic (exact) mass is 481 g/mol. The van der Waals surface area contributed by atoms with Gasteiger partial charge in [0.25, 0.3) is 0 Å². The molecule has 0 saturated heterocycles. The summed E-state index contributed by atoms with van der Waals surface area (Å²) in [6.07, 6.45) is -2.97. The Hall–Kier alpha value is -3.73. The van der Waals surface area contributed by atoms with Crippen LogP contribution in [0.4, 0.5) is 9.80 Å². The number of nitrogens with one attached hydrogen (secondary N) is 1. The lowest BCUT2D eigenvalue weighted by Gasteiger charge is -2.37. The van der Waals surface area contributed by atoms with Gasteiger partial charge < -0.3 is 25.2 Å². The molecule has 0 unspecified atom stereocenters. The molecule has 3 aromatic rings. The number of ether oxygens (including phenoxy) is 1. The molecule has 2 aliphatic carbocycles. The SMILES string of the molecule is O=C(Nc1cccs1)OC[C@]1(O)Cc2c(O)c3c(c(O)c2[C@@H](O)C1)C(=O)c1ccccc1C3=O. The van der Waals surface area contributed by atoms with Gasteiger partial charge in [-0.2, -0.15) is 0 Å². The number of ketones is 2. The van der Waals surface area contributed by atoms with Crippen LogP contribution in [0.5, 0.6) is 11.5 Å². The van der Waals surface area contributed by atoms with E-state index in [0.717, 1.165) is 0 Å². The highest BCUT2D eigenvalue weighted by atomic mass is 32.1. The van der Waals surface area contributed by atoms with E-state index in [1.807, 2.05) is 0 Å². The van der Waals surface area contributed by atoms with Crippen molar-refractivity contribution in [3.8, 4) is 11.5 Å². The number of carbonyl (C=O) groups excluding carboxylic acids is 3. The van der Waals surface area contributed by atoms with Gasteiger partial charge in [-0.05, 0) is 17.5 Å². The van der Waals surface area contributed by atoms with Gasteiger partial charge in [0, 0.05) is 35.1 Å². The molecule has 0 radical (unpaired) electrons. The van der Waals surface area contributed by atoms with Crippen LogP contribution in [-0.4, -0.2) is 50.3 Å². The van der Waals surface area contributed by atoms with Crippen molar-refractivity contribution in [2.75, 3.05) is 11.9 Å². The van der Waals surface area contributed by atoms with Gasteiger partial charge >= 0.3 is 6.09 Å². The molecule has 1 aromatic heterocycles. The van der Waals surface area contributed by atoms with E-state index < -0.39 is 47.5 Å². The molecule has 2 aliphatic rings. The fourth-order valence-electron chi connectivity index (χ4n) is 4.58. The van der Waals surface area contributed by atoms with E-state index in [1.54, 1.807) is 29.6 Å². The summed E-state index contributed by atoms with van der Waals surface area (Å²) in [4.78, 5) is 38.2. The number of hydrogen-bond acceptors (Lipinski definition) is 9. The lowest BCUT2D eigenvalue weighted by atomic mass is 9.73. The van der Waals surface area contributed by atoms with Crippen molar-refractivity contribution in [3.63, 3.8) is 0 Å². The Morgan fingerprint density at radius 2 is 1.71 bits per heavy atom. The van der Waals surface area contributed by atoms with Crippen LogP contribution in [-0.2, 0) is 11.2 Å². The number of aliphatic hydroxyl groups is 2. The molecule has 10 heteroatoms. The molecule has 0 bridgehead atoms. The Morgan fingerprint density at radius 1 is 1.06 bits per heavy atom. The normalized spacial score (nSPS) is 20.8. The summed E-state index contributed by atoms with van der Waals surface area (Å²) in [5.41, 5.74) is -2.61. The number of aliphatic hydroxyl groups excluding tert-OH is 1. The topological polar surface area (TPSA) is 153 Å². The van der Waals surface area contributed by atoms with Gasteiger partial charge in [0.2, 0.25) is 0 Å². The predicted molar refractivity (Wildman–Crippen MR) is 121 cm³/mol. The van der Waals surface area contributed by atoms with Crippen LogP contribution in [0.3, 0.4) is 0 Å². The zero-order valence-corrected chi connectivity index (χ0v) is 18.4. The third kappa shape index (κ3) is 3.43. The summed E-state index contributed by atoms with van der Waals surface area (Å²) in [6, 6.07) is 9.45. The first-order chi connectivity index (χ1) is 16.2. The molecule has 0 aliphatic heterocycles. The second-order valence-electron chi connectivity index (χ2n) is 8.34. The number of phenols is 2. The summed E-state index contributed by atoms with van der Waals surface area (Å²) in [5, 5.41) is 48.5. The Labute approximate surface area is 196 Å². The number of amides is 1. The third-order valence-corrected chi connectivity index (χ3v) is 6.88. The van der Waals surface area contributed by atoms with Crippen molar-refractivity contribution in [3.05, 3.63) is 75.2 Å². The highest BCUT2D eigenvalue weighted by Gasteiger charge is 2.45. The number of thiophene rings is 1. The van der Waals surface area contributed by atoms with Crippen LogP contribution in [0.2, 0.25) is 0 Å². The summed E-state index contributed by atoms with van der Waals surface area (Å²) in [6.45, 7) is -0.520. The zero-order valence-electron chi connectivity index (χ0n) is 17.6. The van der Waals surface area contributed by atoms with E-state index in [2.05, 4.69) is 5.32 Å². The molecular formula is C24H19NO8S. The molecular weight excluding hydrogens is 462 g/mol. The van der Waals surface area contributed by atoms with E-state index in [4.69, 9.17) is 4.74 Å². The third-order valence-electron chi connectivity index (χ3n) is 6.09. The van der Waals surface area contributed by atoms with Gasteiger partial charge in [-0.25, -0.2) is 4.79 Å². The summed E-state index contributed by atoms with van der Waals surface area (Å²) in [7, 11) is 0. The first-order valence-corrected chi connectivity index (χ1v) is 11.2. The number of benzene rings is 2. The maximum atomic E-state index is 13.1. The smallest absolute Gasteiger partial charge is 0.412 e. The minimum atomic E-state index is -1.79. The summed E-state index contributed by atoms with van der Waals surface area (Å²) >= 11 is 1.28. The fraction of sp³-hybridized carbons (Fsp3) is 0.208. The molecule has 0 spiro atoms. The van der Waals surface area contributed by atoms with E-state index in [1.165, 1.54) is 23.5 Å². The summed E-state index contributed by atoms with van der Waals surface area (Å²) in [5.74, 6) is -2.52. The van der Waals surface area contributed by atoms with Gasteiger partial charge in [0.05, 0.1) is 22.2 Å². The molecule has 174 valence electrons. The van der Waals surface area contributed by atoms with Crippen LogP contribution >= 0.6 is 11.3 Å². The number of aromatic hydroxyl groups is 2. The average Bonchev–Trinajstić information content (AvgIpc) is 3.31. The highest BCUT2D eigenvalue weighted by molar-refractivity contribution is 7.14. The Morgan fingerprint density at radius 3 is 2.32 bits per heavy atom. The second kappa shape index (κ2) is 7.94. The number of anilines is 1. The van der Waals surface area contributed by atoms with Gasteiger partial charge in [-0.1, -0.05) is 24.3 Å². The minimum absolute atomic E-state index is 0.0786. The van der Waals surface area contributed by atoms with E-state index in [9.17, 15) is 34.8 Å². The number of fused-ring (bicyclic) bond motifs is 3. The van der Waals surface area contributed by atoms with Crippen LogP contribution in [0.15, 0.2) is 41.8 Å². The largest absolute Gasteiger partial charge is 0.507 e. The van der Waals surface area contributed by atoms with Crippen molar-refractivity contribution in [2.24, 2.45) is 0 Å². The van der Waals surface area contributed by atoms with Crippen molar-refractivity contribution < 1.29 is 39.5 Å². The van der Waals surface area contributed by atoms with Gasteiger partial charge in [0.1, 0.15) is 23.7 Å². The van der Waals surface area contributed by atoms with Gasteiger partial charge in [-0.3, -0.25) is 14.9 Å². The maximum absolute atomic E-state index is 13.1. The molecule has 0 saturated carbocycles. The van der Waals surface area contributed by atoms with Crippen LogP contribution < -0.4 is 5.32 Å². The Bertz CT molecular complexity index is 1350. The second-order valence-corrected chi connectivity index (χ2v) is 9.29. The van der Waals surface area contributed by atoms with Crippen molar-refractivity contribution in [2.45, 2.75) is 24.5 Å². The molecule has 0 fully saturated rings. The van der Waals surface area contributed by atoms with Crippen LogP contribution in [0.1, 0.15) is 55.5 Å². The molecule has 34 heavy (non-hydrogen) atoms. The Balaban J connectivity index is 1.49. The van der Waals surface area contributed by atoms with Gasteiger partial charge in [0.15, 0.2) is 11.6 Å². The molecule has 1 heterocycles. The molecule has 1 amide bonds. The average molecular weight is 481 g/mol. The van der Waals surface area contributed by atoms with Crippen LogP contribution in [0, 0.1) is 0 Å². The molecule has 5 N–H and O–H groups in total. The lowest BCUT2D eigenvalue weighted by molar-refractivity contribution is -0.0612. The number of carbonyl (C=O) groups is 3. The number of rotatable bonds is 3. The van der Waals surface area contributed by atoms with Crippen molar-refractivity contribution in [1.29, 1.82) is 0 Å².